The third-order valence-electron chi connectivity index (χ3n) is 5.83. The molecule has 2 aromatic carbocycles. The van der Waals surface area contributed by atoms with E-state index in [1.807, 2.05) is 60.7 Å². The highest BCUT2D eigenvalue weighted by molar-refractivity contribution is 5.95. The van der Waals surface area contributed by atoms with E-state index >= 15 is 0 Å². The molecule has 6 heteroatoms. The summed E-state index contributed by atoms with van der Waals surface area (Å²) in [6.45, 7) is -0.303. The largest absolute Gasteiger partial charge is 0.480 e. The van der Waals surface area contributed by atoms with Gasteiger partial charge in [-0.1, -0.05) is 74.2 Å². The lowest BCUT2D eigenvalue weighted by atomic mass is 10.1. The van der Waals surface area contributed by atoms with Gasteiger partial charge in [-0.05, 0) is 31.0 Å². The Morgan fingerprint density at radius 3 is 2.16 bits per heavy atom. The van der Waals surface area contributed by atoms with Crippen molar-refractivity contribution in [1.29, 1.82) is 0 Å². The Morgan fingerprint density at radius 1 is 0.935 bits per heavy atom. The van der Waals surface area contributed by atoms with Crippen molar-refractivity contribution in [3.05, 3.63) is 72.4 Å². The molecule has 1 saturated carbocycles. The highest BCUT2D eigenvalue weighted by Gasteiger charge is 2.29. The van der Waals surface area contributed by atoms with Gasteiger partial charge in [0.2, 0.25) is 0 Å². The summed E-state index contributed by atoms with van der Waals surface area (Å²) in [6.07, 6.45) is 5.97. The summed E-state index contributed by atoms with van der Waals surface area (Å²) in [5, 5.41) is 14.1. The molecule has 0 aliphatic heterocycles. The number of amides is 1. The van der Waals surface area contributed by atoms with Gasteiger partial charge in [-0.25, -0.2) is 4.68 Å². The first-order chi connectivity index (χ1) is 15.1. The summed E-state index contributed by atoms with van der Waals surface area (Å²) in [7, 11) is 0. The van der Waals surface area contributed by atoms with Crippen molar-refractivity contribution < 1.29 is 14.7 Å². The lowest BCUT2D eigenvalue weighted by Crippen LogP contribution is -2.43. The number of hydrogen-bond acceptors (Lipinski definition) is 3. The molecular weight excluding hydrogens is 390 g/mol. The van der Waals surface area contributed by atoms with Crippen LogP contribution in [0.4, 0.5) is 0 Å². The van der Waals surface area contributed by atoms with Crippen LogP contribution in [0.15, 0.2) is 66.7 Å². The van der Waals surface area contributed by atoms with Crippen molar-refractivity contribution in [1.82, 2.24) is 14.7 Å². The monoisotopic (exact) mass is 417 g/mol. The van der Waals surface area contributed by atoms with Gasteiger partial charge in [0.05, 0.1) is 11.4 Å². The second kappa shape index (κ2) is 9.60. The topological polar surface area (TPSA) is 75.4 Å². The van der Waals surface area contributed by atoms with E-state index in [2.05, 4.69) is 5.10 Å². The van der Waals surface area contributed by atoms with Crippen LogP contribution in [0.1, 0.15) is 49.0 Å². The third kappa shape index (κ3) is 4.85. The number of carbonyl (C=O) groups is 2. The van der Waals surface area contributed by atoms with Gasteiger partial charge in [-0.3, -0.25) is 9.59 Å². The van der Waals surface area contributed by atoms with E-state index in [0.29, 0.717) is 0 Å². The van der Waals surface area contributed by atoms with Crippen LogP contribution in [-0.2, 0) is 4.79 Å². The van der Waals surface area contributed by atoms with Crippen molar-refractivity contribution in [2.75, 3.05) is 6.54 Å². The van der Waals surface area contributed by atoms with Gasteiger partial charge < -0.3 is 10.0 Å². The molecule has 0 saturated heterocycles. The molecule has 0 bridgehead atoms. The van der Waals surface area contributed by atoms with E-state index in [0.717, 1.165) is 55.5 Å². The third-order valence-corrected chi connectivity index (χ3v) is 5.83. The molecule has 6 nitrogen and oxygen atoms in total. The minimum absolute atomic E-state index is 0.0619. The summed E-state index contributed by atoms with van der Waals surface area (Å²) >= 11 is 0. The predicted octanol–water partition coefficient (Wildman–Crippen LogP) is 4.79. The Bertz CT molecular complexity index is 966. The van der Waals surface area contributed by atoms with Crippen molar-refractivity contribution in [2.45, 2.75) is 44.6 Å². The number of benzene rings is 2. The fraction of sp³-hybridized carbons (Fsp3) is 0.320. The second-order valence-electron chi connectivity index (χ2n) is 8.00. The molecule has 0 radical (unpaired) electrons. The maximum absolute atomic E-state index is 13.5. The fourth-order valence-electron chi connectivity index (χ4n) is 4.30. The van der Waals surface area contributed by atoms with Gasteiger partial charge in [0.1, 0.15) is 6.54 Å². The lowest BCUT2D eigenvalue weighted by Gasteiger charge is -2.29. The van der Waals surface area contributed by atoms with Crippen LogP contribution in [-0.4, -0.2) is 44.3 Å². The van der Waals surface area contributed by atoms with Gasteiger partial charge in [-0.2, -0.15) is 5.10 Å². The van der Waals surface area contributed by atoms with Crippen molar-refractivity contribution in [2.24, 2.45) is 0 Å². The molecule has 31 heavy (non-hydrogen) atoms. The van der Waals surface area contributed by atoms with Gasteiger partial charge in [0, 0.05) is 11.6 Å². The molecule has 1 amide bonds. The summed E-state index contributed by atoms with van der Waals surface area (Å²) in [4.78, 5) is 26.6. The maximum atomic E-state index is 13.5. The summed E-state index contributed by atoms with van der Waals surface area (Å²) in [5.74, 6) is -1.32. The number of para-hydroxylation sites is 1. The average Bonchev–Trinajstić information content (AvgIpc) is 3.07. The first-order valence-corrected chi connectivity index (χ1v) is 10.9. The quantitative estimate of drug-likeness (QED) is 0.585. The van der Waals surface area contributed by atoms with E-state index in [1.54, 1.807) is 10.7 Å². The van der Waals surface area contributed by atoms with Crippen LogP contribution in [0, 0.1) is 0 Å². The number of aromatic nitrogens is 2. The number of rotatable bonds is 6. The minimum atomic E-state index is -0.997. The highest BCUT2D eigenvalue weighted by atomic mass is 16.4. The standard InChI is InChI=1S/C25H27N3O3/c29-24(30)18-27(20-13-7-1-2-8-14-20)25(31)22-17-23(19-11-5-3-6-12-19)28(26-22)21-15-9-4-10-16-21/h3-6,9-12,15-17,20H,1-2,7-8,13-14,18H2,(H,29,30). The molecule has 1 fully saturated rings. The molecule has 1 N–H and O–H groups in total. The van der Waals surface area contributed by atoms with Gasteiger partial charge in [0.25, 0.3) is 5.91 Å². The number of carbonyl (C=O) groups excluding carboxylic acids is 1. The van der Waals surface area contributed by atoms with E-state index in [9.17, 15) is 14.7 Å². The Morgan fingerprint density at radius 2 is 1.55 bits per heavy atom. The molecule has 0 unspecified atom stereocenters. The Hall–Kier alpha value is -3.41. The molecule has 1 heterocycles. The molecule has 3 aromatic rings. The minimum Gasteiger partial charge on any atom is -0.480 e. The van der Waals surface area contributed by atoms with Crippen molar-refractivity contribution in [3.8, 4) is 16.9 Å². The summed E-state index contributed by atoms with van der Waals surface area (Å²) < 4.78 is 1.76. The van der Waals surface area contributed by atoms with Crippen molar-refractivity contribution in [3.63, 3.8) is 0 Å². The number of carboxylic acids is 1. The zero-order valence-corrected chi connectivity index (χ0v) is 17.5. The van der Waals surface area contributed by atoms with E-state index in [-0.39, 0.29) is 24.2 Å². The van der Waals surface area contributed by atoms with Crippen LogP contribution >= 0.6 is 0 Å². The zero-order chi connectivity index (χ0) is 21.6. The Labute approximate surface area is 182 Å². The molecule has 4 rings (SSSR count). The van der Waals surface area contributed by atoms with E-state index in [1.165, 1.54) is 4.90 Å². The number of nitrogens with zero attached hydrogens (tertiary/aromatic N) is 3. The van der Waals surface area contributed by atoms with Crippen LogP contribution in [0.2, 0.25) is 0 Å². The highest BCUT2D eigenvalue weighted by Crippen LogP contribution is 2.27. The molecular formula is C25H27N3O3. The Balaban J connectivity index is 1.74. The Kier molecular flexibility index (Phi) is 6.46. The van der Waals surface area contributed by atoms with Gasteiger partial charge in [0.15, 0.2) is 5.69 Å². The number of aliphatic carboxylic acids is 1. The zero-order valence-electron chi connectivity index (χ0n) is 17.5. The first-order valence-electron chi connectivity index (χ1n) is 10.9. The van der Waals surface area contributed by atoms with Crippen LogP contribution in [0.3, 0.4) is 0 Å². The average molecular weight is 418 g/mol. The first kappa shape index (κ1) is 20.8. The molecule has 0 atom stereocenters. The molecule has 0 spiro atoms. The van der Waals surface area contributed by atoms with E-state index < -0.39 is 5.97 Å². The molecule has 1 aromatic heterocycles. The SMILES string of the molecule is O=C(O)CN(C(=O)c1cc(-c2ccccc2)n(-c2ccccc2)n1)C1CCCCCC1. The molecule has 1 aliphatic carbocycles. The summed E-state index contributed by atoms with van der Waals surface area (Å²) in [5.41, 5.74) is 2.86. The molecule has 160 valence electrons. The molecule has 1 aliphatic rings. The van der Waals surface area contributed by atoms with Gasteiger partial charge >= 0.3 is 5.97 Å². The lowest BCUT2D eigenvalue weighted by molar-refractivity contribution is -0.138. The number of hydrogen-bond donors (Lipinski definition) is 1. The van der Waals surface area contributed by atoms with Crippen LogP contribution in [0.5, 0.6) is 0 Å². The second-order valence-corrected chi connectivity index (χ2v) is 8.00. The summed E-state index contributed by atoms with van der Waals surface area (Å²) in [6, 6.07) is 21.2. The van der Waals surface area contributed by atoms with Crippen LogP contribution in [0.25, 0.3) is 16.9 Å². The smallest absolute Gasteiger partial charge is 0.323 e. The van der Waals surface area contributed by atoms with Crippen LogP contribution < -0.4 is 0 Å². The maximum Gasteiger partial charge on any atom is 0.323 e. The van der Waals surface area contributed by atoms with Crippen molar-refractivity contribution >= 4 is 11.9 Å². The van der Waals surface area contributed by atoms with Gasteiger partial charge in [-0.15, -0.1) is 0 Å². The van der Waals surface area contributed by atoms with E-state index in [4.69, 9.17) is 0 Å². The predicted molar refractivity (Wildman–Crippen MR) is 119 cm³/mol. The number of carboxylic acid groups (broad SMARTS) is 1. The normalized spacial score (nSPS) is 14.7. The fourth-order valence-corrected chi connectivity index (χ4v) is 4.30.